The number of nitrogens with one attached hydrogen (secondary N) is 1. The Morgan fingerprint density at radius 2 is 1.89 bits per heavy atom. The molecule has 2 rings (SSSR count). The first-order valence-electron chi connectivity index (χ1n) is 10.3. The highest BCUT2D eigenvalue weighted by molar-refractivity contribution is 5.79. The van der Waals surface area contributed by atoms with Crippen LogP contribution in [0.2, 0.25) is 0 Å². The Morgan fingerprint density at radius 3 is 2.50 bits per heavy atom. The van der Waals surface area contributed by atoms with Gasteiger partial charge < -0.3 is 24.4 Å². The van der Waals surface area contributed by atoms with Gasteiger partial charge in [-0.1, -0.05) is 6.92 Å². The molecule has 1 unspecified atom stereocenters. The first kappa shape index (κ1) is 22.9. The minimum absolute atomic E-state index is 0.0452. The summed E-state index contributed by atoms with van der Waals surface area (Å²) < 4.78 is 16.6. The van der Waals surface area contributed by atoms with Gasteiger partial charge in [-0.2, -0.15) is 0 Å². The van der Waals surface area contributed by atoms with Gasteiger partial charge in [-0.05, 0) is 33.6 Å². The Balaban J connectivity index is 1.88. The number of nitrogens with zero attached hydrogens (tertiary/aromatic N) is 2. The van der Waals surface area contributed by atoms with Gasteiger partial charge >= 0.3 is 6.09 Å². The Labute approximate surface area is 168 Å². The Bertz CT molecular complexity index is 516. The average molecular weight is 400 g/mol. The SMILES string of the molecule is CO[C@@H](C(C)C(=O)NCCN1CCOCC1)[C@@H]1CCCN1C(=O)OC(C)(C)C. The third-order valence-corrected chi connectivity index (χ3v) is 5.32. The standard InChI is InChI=1S/C20H37N3O5/c1-15(18(24)21-8-10-22-11-13-27-14-12-22)17(26-5)16-7-6-9-23(16)19(25)28-20(2,3)4/h15-17H,6-14H2,1-5H3,(H,21,24)/t15?,16-,17-/m0/s1. The zero-order valence-corrected chi connectivity index (χ0v) is 18.0. The lowest BCUT2D eigenvalue weighted by Crippen LogP contribution is -2.51. The normalized spacial score (nSPS) is 23.3. The molecule has 0 saturated carbocycles. The summed E-state index contributed by atoms with van der Waals surface area (Å²) >= 11 is 0. The molecule has 1 N–H and O–H groups in total. The van der Waals surface area contributed by atoms with Gasteiger partial charge in [-0.3, -0.25) is 9.69 Å². The summed E-state index contributed by atoms with van der Waals surface area (Å²) in [6.45, 7) is 12.8. The van der Waals surface area contributed by atoms with E-state index in [0.29, 0.717) is 13.1 Å². The van der Waals surface area contributed by atoms with Crippen LogP contribution in [0.1, 0.15) is 40.5 Å². The number of rotatable bonds is 7. The summed E-state index contributed by atoms with van der Waals surface area (Å²) in [5, 5.41) is 3.01. The van der Waals surface area contributed by atoms with Gasteiger partial charge in [0.2, 0.25) is 5.91 Å². The predicted octanol–water partition coefficient (Wildman–Crippen LogP) is 1.49. The molecule has 2 aliphatic heterocycles. The van der Waals surface area contributed by atoms with Crippen molar-refractivity contribution in [2.45, 2.75) is 58.3 Å². The molecule has 0 bridgehead atoms. The lowest BCUT2D eigenvalue weighted by molar-refractivity contribution is -0.130. The summed E-state index contributed by atoms with van der Waals surface area (Å²) in [4.78, 5) is 29.2. The van der Waals surface area contributed by atoms with Crippen molar-refractivity contribution >= 4 is 12.0 Å². The molecule has 0 aromatic heterocycles. The van der Waals surface area contributed by atoms with Crippen LogP contribution in [0.15, 0.2) is 0 Å². The van der Waals surface area contributed by atoms with Crippen molar-refractivity contribution in [3.63, 3.8) is 0 Å². The second-order valence-electron chi connectivity index (χ2n) is 8.62. The second kappa shape index (κ2) is 10.4. The summed E-state index contributed by atoms with van der Waals surface area (Å²) in [7, 11) is 1.60. The second-order valence-corrected chi connectivity index (χ2v) is 8.62. The van der Waals surface area contributed by atoms with Crippen LogP contribution < -0.4 is 5.32 Å². The largest absolute Gasteiger partial charge is 0.444 e. The fourth-order valence-electron chi connectivity index (χ4n) is 3.85. The molecule has 2 aliphatic rings. The molecule has 162 valence electrons. The molecule has 3 atom stereocenters. The molecule has 2 fully saturated rings. The summed E-state index contributed by atoms with van der Waals surface area (Å²) in [5.41, 5.74) is -0.546. The number of carbonyl (C=O) groups excluding carboxylic acids is 2. The summed E-state index contributed by atoms with van der Waals surface area (Å²) in [6, 6.07) is -0.153. The molecule has 0 radical (unpaired) electrons. The molecule has 2 amide bonds. The van der Waals surface area contributed by atoms with Crippen LogP contribution in [0.3, 0.4) is 0 Å². The van der Waals surface area contributed by atoms with Crippen LogP contribution >= 0.6 is 0 Å². The van der Waals surface area contributed by atoms with Crippen molar-refractivity contribution in [1.82, 2.24) is 15.1 Å². The monoisotopic (exact) mass is 399 g/mol. The van der Waals surface area contributed by atoms with Crippen LogP contribution in [0.25, 0.3) is 0 Å². The van der Waals surface area contributed by atoms with Crippen molar-refractivity contribution in [2.24, 2.45) is 5.92 Å². The van der Waals surface area contributed by atoms with Crippen LogP contribution in [0, 0.1) is 5.92 Å². The maximum absolute atomic E-state index is 12.7. The van der Waals surface area contributed by atoms with Gasteiger partial charge in [0.05, 0.1) is 31.3 Å². The molecule has 0 spiro atoms. The van der Waals surface area contributed by atoms with Gasteiger partial charge in [-0.15, -0.1) is 0 Å². The topological polar surface area (TPSA) is 80.3 Å². The molecular formula is C20H37N3O5. The molecule has 0 aromatic carbocycles. The number of morpholine rings is 1. The number of ether oxygens (including phenoxy) is 3. The minimum Gasteiger partial charge on any atom is -0.444 e. The first-order chi connectivity index (χ1) is 13.2. The minimum atomic E-state index is -0.546. The zero-order valence-electron chi connectivity index (χ0n) is 18.0. The first-order valence-corrected chi connectivity index (χ1v) is 10.3. The van der Waals surface area contributed by atoms with E-state index >= 15 is 0 Å². The van der Waals surface area contributed by atoms with E-state index in [-0.39, 0.29) is 30.1 Å². The third-order valence-electron chi connectivity index (χ3n) is 5.32. The maximum atomic E-state index is 12.7. The molecule has 2 heterocycles. The molecular weight excluding hydrogens is 362 g/mol. The third kappa shape index (κ3) is 6.60. The Hall–Kier alpha value is -1.38. The fraction of sp³-hybridized carbons (Fsp3) is 0.900. The number of hydrogen-bond acceptors (Lipinski definition) is 6. The van der Waals surface area contributed by atoms with Crippen molar-refractivity contribution in [3.05, 3.63) is 0 Å². The smallest absolute Gasteiger partial charge is 0.410 e. The number of carbonyl (C=O) groups is 2. The lowest BCUT2D eigenvalue weighted by Gasteiger charge is -2.35. The van der Waals surface area contributed by atoms with E-state index in [4.69, 9.17) is 14.2 Å². The predicted molar refractivity (Wildman–Crippen MR) is 106 cm³/mol. The molecule has 0 aliphatic carbocycles. The van der Waals surface area contributed by atoms with E-state index in [2.05, 4.69) is 10.2 Å². The number of methoxy groups -OCH3 is 1. The maximum Gasteiger partial charge on any atom is 0.410 e. The van der Waals surface area contributed by atoms with Crippen molar-refractivity contribution in [3.8, 4) is 0 Å². The summed E-state index contributed by atoms with van der Waals surface area (Å²) in [6.07, 6.45) is 0.994. The number of hydrogen-bond donors (Lipinski definition) is 1. The van der Waals surface area contributed by atoms with E-state index in [0.717, 1.165) is 45.7 Å². The zero-order chi connectivity index (χ0) is 20.7. The van der Waals surface area contributed by atoms with Crippen LogP contribution in [-0.2, 0) is 19.0 Å². The van der Waals surface area contributed by atoms with E-state index in [1.54, 1.807) is 12.0 Å². The molecule has 0 aromatic rings. The van der Waals surface area contributed by atoms with E-state index in [1.165, 1.54) is 0 Å². The van der Waals surface area contributed by atoms with Crippen LogP contribution in [0.4, 0.5) is 4.79 Å². The summed E-state index contributed by atoms with van der Waals surface area (Å²) in [5.74, 6) is -0.404. The molecule has 8 heteroatoms. The quantitative estimate of drug-likeness (QED) is 0.699. The van der Waals surface area contributed by atoms with Crippen molar-refractivity contribution in [1.29, 1.82) is 0 Å². The highest BCUT2D eigenvalue weighted by Gasteiger charge is 2.41. The van der Waals surface area contributed by atoms with E-state index < -0.39 is 5.60 Å². The molecule has 28 heavy (non-hydrogen) atoms. The van der Waals surface area contributed by atoms with Crippen molar-refractivity contribution < 1.29 is 23.8 Å². The van der Waals surface area contributed by atoms with Gasteiger partial charge in [-0.25, -0.2) is 4.79 Å². The molecule has 8 nitrogen and oxygen atoms in total. The highest BCUT2D eigenvalue weighted by Crippen LogP contribution is 2.28. The van der Waals surface area contributed by atoms with Gasteiger partial charge in [0.25, 0.3) is 0 Å². The Morgan fingerprint density at radius 1 is 1.21 bits per heavy atom. The van der Waals surface area contributed by atoms with Gasteiger partial charge in [0.15, 0.2) is 0 Å². The number of likely N-dealkylation sites (tertiary alicyclic amines) is 1. The fourth-order valence-corrected chi connectivity index (χ4v) is 3.85. The van der Waals surface area contributed by atoms with Gasteiger partial charge in [0.1, 0.15) is 5.60 Å². The number of amides is 2. The highest BCUT2D eigenvalue weighted by atomic mass is 16.6. The van der Waals surface area contributed by atoms with Crippen LogP contribution in [0.5, 0.6) is 0 Å². The molecule has 2 saturated heterocycles. The lowest BCUT2D eigenvalue weighted by atomic mass is 9.95. The van der Waals surface area contributed by atoms with Gasteiger partial charge in [0, 0.05) is 39.8 Å². The van der Waals surface area contributed by atoms with E-state index in [1.807, 2.05) is 27.7 Å². The Kier molecular flexibility index (Phi) is 8.52. The average Bonchev–Trinajstić information content (AvgIpc) is 3.11. The van der Waals surface area contributed by atoms with Crippen LogP contribution in [-0.4, -0.2) is 92.6 Å². The van der Waals surface area contributed by atoms with Crippen molar-refractivity contribution in [2.75, 3.05) is 53.0 Å². The van der Waals surface area contributed by atoms with E-state index in [9.17, 15) is 9.59 Å².